The minimum atomic E-state index is -4.94. The van der Waals surface area contributed by atoms with Crippen molar-refractivity contribution in [3.05, 3.63) is 302 Å². The Labute approximate surface area is 750 Å². The van der Waals surface area contributed by atoms with Crippen molar-refractivity contribution in [2.75, 3.05) is 42.7 Å². The summed E-state index contributed by atoms with van der Waals surface area (Å²) in [6.45, 7) is 5.46. The van der Waals surface area contributed by atoms with Crippen LogP contribution in [0.5, 0.6) is 17.2 Å². The minimum absolute atomic E-state index is 0. The summed E-state index contributed by atoms with van der Waals surface area (Å²) >= 11 is 0. The normalized spacial score (nSPS) is 10.1. The fourth-order valence-corrected chi connectivity index (χ4v) is 7.95. The number of aryl methyl sites for hydroxylation is 3. The van der Waals surface area contributed by atoms with Crippen molar-refractivity contribution < 1.29 is 239 Å². The second kappa shape index (κ2) is 68.8. The zero-order chi connectivity index (χ0) is 89.5. The van der Waals surface area contributed by atoms with Crippen LogP contribution >= 0.6 is 0 Å². The standard InChI is InChI=1S/3C23H20N4O3.6CH4O.3ClHO4.2Tb/c3*1-16-12-19(14-24-26-22(29)17-8-4-2-5-9-17)21(28)20(13-16)15-25-27-23(30)18-10-6-3-7-11-18;6*1-2;3*2-1(3,4)5;;/h3*2-15,28H,1H3,(H,26,29)(H,27,30);6*2H,1H3;3*(H,2,3,4,5);;/q;;;;;;;;;;;;2*+3/p-6/b3*24-14+,25-15+;;;;;;;;;;;. The molecule has 0 saturated carbocycles. The first-order valence-corrected chi connectivity index (χ1v) is 35.6. The summed E-state index contributed by atoms with van der Waals surface area (Å²) in [4.78, 5) is 72.1. The van der Waals surface area contributed by atoms with Gasteiger partial charge in [0.05, 0.1) is 37.3 Å². The topological polar surface area (TPSA) is 716 Å². The number of carbonyl (C=O) groups excluding carboxylic acids is 6. The molecule has 0 saturated heterocycles. The van der Waals surface area contributed by atoms with Crippen LogP contribution in [0.4, 0.5) is 0 Å². The summed E-state index contributed by atoms with van der Waals surface area (Å²) in [5.41, 5.74) is 21.3. The summed E-state index contributed by atoms with van der Waals surface area (Å²) in [6, 6.07) is 61.7. The Kier molecular flexibility index (Phi) is 67.9. The maximum Gasteiger partial charge on any atom is 3.00 e. The first-order chi connectivity index (χ1) is 55.6. The van der Waals surface area contributed by atoms with Crippen LogP contribution < -0.4 is 104 Å². The van der Waals surface area contributed by atoms with Gasteiger partial charge in [-0.15, -0.1) is 30.7 Å². The number of amides is 6. The smallest absolute Gasteiger partial charge is 0.872 e. The molecule has 0 fully saturated rings. The predicted octanol–water partition coefficient (Wildman–Crippen LogP) is -8.83. The van der Waals surface area contributed by atoms with Gasteiger partial charge in [-0.25, -0.2) is 88.5 Å². The number of nitrogens with one attached hydrogen (secondary N) is 6. The Morgan fingerprint density at radius 3 is 0.445 bits per heavy atom. The van der Waals surface area contributed by atoms with E-state index >= 15 is 0 Å². The first-order valence-electron chi connectivity index (χ1n) is 31.9. The summed E-state index contributed by atoms with van der Waals surface area (Å²) in [6.07, 6.45) is 7.73. The SMILES string of the molecule is CO.CO.CO.CO.CO.CO.Cc1cc(/C=N/NC(=O)c2ccccc2)c([O-])c(/C=N/NC(=O)c2ccccc2)c1.Cc1cc(/C=N/NC(=O)c2ccccc2)c([O-])c(/C=N/NC(=O)c2ccccc2)c1.Cc1cc(/C=N/NC(=O)c2ccccc2)c([O-])c(/C=N/NC(=O)c2ccccc2)c1.[O-][Cl+3]([O-])([O-])[O-].[O-][Cl+3]([O-])([O-])[O-].[O-][Cl+3]([O-])([O-])[O-].[Tb+3].[Tb+3]. The molecule has 9 aromatic rings. The molecular weight excluding hydrogens is 1930 g/mol. The molecule has 39 nitrogen and oxygen atoms in total. The van der Waals surface area contributed by atoms with Gasteiger partial charge in [0, 0.05) is 76.0 Å². The van der Waals surface area contributed by atoms with E-state index in [1.807, 2.05) is 57.2 Å². The van der Waals surface area contributed by atoms with Crippen LogP contribution in [0.3, 0.4) is 0 Å². The Morgan fingerprint density at radius 2 is 0.345 bits per heavy atom. The van der Waals surface area contributed by atoms with Crippen molar-refractivity contribution in [3.63, 3.8) is 0 Å². The number of halogens is 3. The van der Waals surface area contributed by atoms with Crippen LogP contribution in [-0.4, -0.2) is 146 Å². The number of hydrogen-bond acceptors (Lipinski definition) is 33. The van der Waals surface area contributed by atoms with Gasteiger partial charge in [0.1, 0.15) is 0 Å². The molecule has 0 aromatic heterocycles. The third-order valence-corrected chi connectivity index (χ3v) is 12.3. The van der Waals surface area contributed by atoms with E-state index in [0.717, 1.165) is 59.3 Å². The molecule has 44 heteroatoms. The average Bonchev–Trinajstić information content (AvgIpc) is 0.847. The molecule has 642 valence electrons. The second-order valence-electron chi connectivity index (χ2n) is 20.3. The van der Waals surface area contributed by atoms with Crippen LogP contribution in [0.15, 0.2) is 249 Å². The Hall–Kier alpha value is -10.1. The predicted molar refractivity (Wildman–Crippen MR) is 390 cm³/mol. The van der Waals surface area contributed by atoms with E-state index in [4.69, 9.17) is 86.5 Å². The zero-order valence-electron chi connectivity index (χ0n) is 64.0. The van der Waals surface area contributed by atoms with Gasteiger partial charge in [0.15, 0.2) is 0 Å². The number of benzene rings is 9. The molecule has 0 bridgehead atoms. The van der Waals surface area contributed by atoms with E-state index in [1.54, 1.807) is 182 Å². The Balaban J connectivity index is -0.000000469. The number of rotatable bonds is 18. The molecule has 0 atom stereocenters. The van der Waals surface area contributed by atoms with Crippen molar-refractivity contribution in [1.29, 1.82) is 0 Å². The van der Waals surface area contributed by atoms with Gasteiger partial charge in [0.2, 0.25) is 0 Å². The molecule has 12 N–H and O–H groups in total. The first kappa shape index (κ1) is 117. The zero-order valence-corrected chi connectivity index (χ0v) is 70.5. The van der Waals surface area contributed by atoms with Gasteiger partial charge in [0.25, 0.3) is 35.4 Å². The Morgan fingerprint density at radius 1 is 0.244 bits per heavy atom. The second-order valence-corrected chi connectivity index (χ2v) is 22.6. The maximum absolute atomic E-state index is 12.6. The average molecular weight is 2010 g/mol. The van der Waals surface area contributed by atoms with E-state index in [-0.39, 0.29) is 130 Å². The van der Waals surface area contributed by atoms with E-state index in [9.17, 15) is 44.1 Å². The van der Waals surface area contributed by atoms with Gasteiger partial charge in [-0.1, -0.05) is 163 Å². The summed E-state index contributed by atoms with van der Waals surface area (Å²) in [5, 5.41) is 103. The van der Waals surface area contributed by atoms with E-state index in [0.29, 0.717) is 66.8 Å². The monoisotopic (exact) mass is 2000 g/mol. The number of hydrazone groups is 6. The van der Waals surface area contributed by atoms with Crippen molar-refractivity contribution in [1.82, 2.24) is 32.6 Å². The molecule has 9 aromatic carbocycles. The molecule has 0 spiro atoms. The largest absolute Gasteiger partial charge is 3.00 e. The van der Waals surface area contributed by atoms with E-state index < -0.39 is 30.7 Å². The van der Waals surface area contributed by atoms with Gasteiger partial charge in [-0.3, -0.25) is 28.8 Å². The van der Waals surface area contributed by atoms with Crippen molar-refractivity contribution in [2.45, 2.75) is 20.8 Å². The molecule has 9 rings (SSSR count). The fourth-order valence-electron chi connectivity index (χ4n) is 7.95. The van der Waals surface area contributed by atoms with E-state index in [2.05, 4.69) is 63.2 Å². The molecule has 0 aliphatic rings. The molecule has 0 radical (unpaired) electrons. The molecule has 0 aliphatic carbocycles. The van der Waals surface area contributed by atoms with Crippen LogP contribution in [0.2, 0.25) is 0 Å². The number of aliphatic hydroxyl groups excluding tert-OH is 6. The quantitative estimate of drug-likeness (QED) is 0.0280. The molecule has 119 heavy (non-hydrogen) atoms. The van der Waals surface area contributed by atoms with Gasteiger partial charge < -0.3 is 46.0 Å². The number of aliphatic hydroxyl groups is 6. The Bertz CT molecular complexity index is 3810. The van der Waals surface area contributed by atoms with Crippen LogP contribution in [0.1, 0.15) is 112 Å². The molecule has 0 heterocycles. The molecule has 0 aliphatic heterocycles. The maximum atomic E-state index is 12.6. The molecule has 0 unspecified atom stereocenters. The molecular formula is C75H81Cl3N12O27Tb2. The number of hydrogen-bond donors (Lipinski definition) is 12. The van der Waals surface area contributed by atoms with Crippen LogP contribution in [0.25, 0.3) is 0 Å². The van der Waals surface area contributed by atoms with Gasteiger partial charge in [-0.05, 0) is 144 Å². The summed E-state index contributed by atoms with van der Waals surface area (Å²) < 4.78 is 102. The minimum Gasteiger partial charge on any atom is -0.872 e. The van der Waals surface area contributed by atoms with Gasteiger partial charge >= 0.3 is 77.2 Å². The summed E-state index contributed by atoms with van der Waals surface area (Å²) in [7, 11) is -8.83. The van der Waals surface area contributed by atoms with Gasteiger partial charge in [-0.2, -0.15) is 30.6 Å². The van der Waals surface area contributed by atoms with Crippen LogP contribution in [0, 0.1) is 129 Å². The third kappa shape index (κ3) is 56.9. The molecule has 6 amide bonds. The third-order valence-electron chi connectivity index (χ3n) is 12.3. The van der Waals surface area contributed by atoms with Crippen molar-refractivity contribution in [3.8, 4) is 17.2 Å². The number of nitrogens with zero attached hydrogens (tertiary/aromatic N) is 6. The summed E-state index contributed by atoms with van der Waals surface area (Å²) in [5.74, 6) is -3.23. The van der Waals surface area contributed by atoms with Crippen LogP contribution in [-0.2, 0) is 0 Å². The van der Waals surface area contributed by atoms with E-state index in [1.165, 1.54) is 37.3 Å². The van der Waals surface area contributed by atoms with Crippen molar-refractivity contribution in [2.24, 2.45) is 30.6 Å². The van der Waals surface area contributed by atoms with Crippen molar-refractivity contribution >= 4 is 72.7 Å². The fraction of sp³-hybridized carbons (Fsp3) is 0.120. The number of carbonyl (C=O) groups is 6.